The van der Waals surface area contributed by atoms with Gasteiger partial charge in [0.1, 0.15) is 0 Å². The van der Waals surface area contributed by atoms with Crippen LogP contribution in [0, 0.1) is 11.8 Å². The maximum Gasteiger partial charge on any atom is 0.415 e. The van der Waals surface area contributed by atoms with Gasteiger partial charge in [0.15, 0.2) is 6.61 Å². The van der Waals surface area contributed by atoms with E-state index in [-0.39, 0.29) is 18.6 Å². The lowest BCUT2D eigenvalue weighted by Gasteiger charge is -2.47. The lowest BCUT2D eigenvalue weighted by Crippen LogP contribution is -2.53. The molecule has 2 fully saturated rings. The van der Waals surface area contributed by atoms with Gasteiger partial charge in [0.05, 0.1) is 0 Å². The van der Waals surface area contributed by atoms with Crippen molar-refractivity contribution in [2.45, 2.75) is 45.1 Å². The molecule has 0 spiro atoms. The van der Waals surface area contributed by atoms with Crippen LogP contribution in [0.3, 0.4) is 0 Å². The number of ether oxygens (including phenoxy) is 1. The number of nitrogens with zero attached hydrogens (tertiary/aromatic N) is 3. The number of hydrogen-bond acceptors (Lipinski definition) is 5. The molecule has 0 unspecified atom stereocenters. The van der Waals surface area contributed by atoms with Crippen LogP contribution in [0.15, 0.2) is 34.7 Å². The van der Waals surface area contributed by atoms with Crippen LogP contribution in [0.4, 0.5) is 0 Å². The summed E-state index contributed by atoms with van der Waals surface area (Å²) in [5, 5.41) is 7.88. The zero-order chi connectivity index (χ0) is 17.9. The van der Waals surface area contributed by atoms with E-state index < -0.39 is 0 Å². The summed E-state index contributed by atoms with van der Waals surface area (Å²) in [6, 6.07) is 9.88. The molecular weight excluding hydrogens is 330 g/mol. The van der Waals surface area contributed by atoms with Crippen molar-refractivity contribution in [1.29, 1.82) is 0 Å². The summed E-state index contributed by atoms with van der Waals surface area (Å²) < 4.78 is 11.0. The van der Waals surface area contributed by atoms with Gasteiger partial charge in [-0.05, 0) is 43.2 Å². The topological polar surface area (TPSA) is 68.5 Å². The van der Waals surface area contributed by atoms with Gasteiger partial charge in [-0.25, -0.2) is 0 Å². The first-order chi connectivity index (χ1) is 12.7. The fraction of sp³-hybridized carbons (Fsp3) is 0.550. The Hall–Kier alpha value is -2.37. The minimum Gasteiger partial charge on any atom is -0.439 e. The highest BCUT2D eigenvalue weighted by Crippen LogP contribution is 2.38. The van der Waals surface area contributed by atoms with E-state index in [1.807, 2.05) is 35.2 Å². The van der Waals surface area contributed by atoms with E-state index in [1.165, 1.54) is 19.3 Å². The van der Waals surface area contributed by atoms with Gasteiger partial charge in [-0.1, -0.05) is 43.1 Å². The van der Waals surface area contributed by atoms with Gasteiger partial charge >= 0.3 is 6.08 Å². The Bertz CT molecular complexity index is 746. The standard InChI is InChI=1S/C20H25N3O3/c1-14-11-12-23(17-10-6-5-9-16(14)17)18(24)13-25-20-22-21-19(26-20)15-7-3-2-4-8-15/h2-4,7-8,14,16-17H,5-6,9-13H2,1H3/t14-,16+,17-/m1/s1. The van der Waals surface area contributed by atoms with E-state index in [4.69, 9.17) is 9.15 Å². The first-order valence-corrected chi connectivity index (χ1v) is 9.53. The first kappa shape index (κ1) is 17.1. The molecule has 1 saturated carbocycles. The largest absolute Gasteiger partial charge is 0.439 e. The van der Waals surface area contributed by atoms with Gasteiger partial charge < -0.3 is 14.1 Å². The summed E-state index contributed by atoms with van der Waals surface area (Å²) in [5.41, 5.74) is 0.830. The van der Waals surface area contributed by atoms with Crippen molar-refractivity contribution in [1.82, 2.24) is 15.1 Å². The molecule has 2 aromatic rings. The maximum absolute atomic E-state index is 12.7. The number of rotatable bonds is 4. The second-order valence-corrected chi connectivity index (χ2v) is 7.40. The third kappa shape index (κ3) is 3.45. The van der Waals surface area contributed by atoms with Gasteiger partial charge in [-0.2, -0.15) is 0 Å². The number of carbonyl (C=O) groups excluding carboxylic acids is 1. The summed E-state index contributed by atoms with van der Waals surface area (Å²) in [5.74, 6) is 1.75. The molecule has 1 aromatic heterocycles. The monoisotopic (exact) mass is 355 g/mol. The zero-order valence-corrected chi connectivity index (χ0v) is 15.1. The first-order valence-electron chi connectivity index (χ1n) is 9.53. The van der Waals surface area contributed by atoms with Crippen LogP contribution < -0.4 is 4.74 Å². The van der Waals surface area contributed by atoms with Gasteiger partial charge in [0, 0.05) is 18.2 Å². The molecule has 138 valence electrons. The molecule has 3 atom stereocenters. The number of fused-ring (bicyclic) bond motifs is 1. The maximum atomic E-state index is 12.7. The molecule has 6 nitrogen and oxygen atoms in total. The molecule has 1 saturated heterocycles. The Labute approximate surface area is 153 Å². The van der Waals surface area contributed by atoms with Crippen molar-refractivity contribution < 1.29 is 13.9 Å². The predicted molar refractivity (Wildman–Crippen MR) is 96.5 cm³/mol. The highest BCUT2D eigenvalue weighted by atomic mass is 16.6. The normalized spacial score (nSPS) is 25.6. The van der Waals surface area contributed by atoms with Crippen molar-refractivity contribution in [3.05, 3.63) is 30.3 Å². The van der Waals surface area contributed by atoms with Crippen LogP contribution in [0.1, 0.15) is 39.0 Å². The second kappa shape index (κ2) is 7.48. The molecule has 0 N–H and O–H groups in total. The number of carbonyl (C=O) groups is 1. The molecule has 26 heavy (non-hydrogen) atoms. The van der Waals surface area contributed by atoms with Gasteiger partial charge in [-0.3, -0.25) is 4.79 Å². The Morgan fingerprint density at radius 2 is 2.00 bits per heavy atom. The molecule has 1 aromatic carbocycles. The molecule has 2 heterocycles. The van der Waals surface area contributed by atoms with Gasteiger partial charge in [-0.15, -0.1) is 5.10 Å². The molecule has 0 radical (unpaired) electrons. The number of hydrogen-bond donors (Lipinski definition) is 0. The van der Waals surface area contributed by atoms with Crippen LogP contribution in [-0.4, -0.2) is 40.2 Å². The lowest BCUT2D eigenvalue weighted by molar-refractivity contribution is -0.141. The van der Waals surface area contributed by atoms with E-state index in [0.717, 1.165) is 24.9 Å². The fourth-order valence-electron chi connectivity index (χ4n) is 4.39. The fourth-order valence-corrected chi connectivity index (χ4v) is 4.39. The van der Waals surface area contributed by atoms with E-state index in [1.54, 1.807) is 0 Å². The zero-order valence-electron chi connectivity index (χ0n) is 15.1. The smallest absolute Gasteiger partial charge is 0.415 e. The van der Waals surface area contributed by atoms with Gasteiger partial charge in [0.25, 0.3) is 11.8 Å². The molecule has 1 aliphatic carbocycles. The third-order valence-corrected chi connectivity index (χ3v) is 5.80. The minimum atomic E-state index is -0.0476. The summed E-state index contributed by atoms with van der Waals surface area (Å²) in [6.45, 7) is 3.10. The number of benzene rings is 1. The van der Waals surface area contributed by atoms with Gasteiger partial charge in [0.2, 0.25) is 0 Å². The average Bonchev–Trinajstić information content (AvgIpc) is 3.16. The van der Waals surface area contributed by atoms with Crippen molar-refractivity contribution >= 4 is 5.91 Å². The minimum absolute atomic E-state index is 0.0215. The summed E-state index contributed by atoms with van der Waals surface area (Å²) >= 11 is 0. The Morgan fingerprint density at radius 1 is 1.19 bits per heavy atom. The van der Waals surface area contributed by atoms with E-state index in [0.29, 0.717) is 23.8 Å². The molecule has 1 amide bonds. The second-order valence-electron chi connectivity index (χ2n) is 7.40. The SMILES string of the molecule is C[C@@H]1CCN(C(=O)COc2nnc(-c3ccccc3)o2)[C@@H]2CCCC[C@@H]12. The molecule has 0 bridgehead atoms. The number of likely N-dealkylation sites (tertiary alicyclic amines) is 1. The molecule has 6 heteroatoms. The van der Waals surface area contributed by atoms with E-state index >= 15 is 0 Å². The van der Waals surface area contributed by atoms with Crippen molar-refractivity contribution in [2.75, 3.05) is 13.2 Å². The highest BCUT2D eigenvalue weighted by Gasteiger charge is 2.39. The molecule has 4 rings (SSSR count). The number of amides is 1. The summed E-state index contributed by atoms with van der Waals surface area (Å²) in [7, 11) is 0. The quantitative estimate of drug-likeness (QED) is 0.839. The number of piperidine rings is 1. The highest BCUT2D eigenvalue weighted by molar-refractivity contribution is 5.78. The average molecular weight is 355 g/mol. The Balaban J connectivity index is 1.37. The van der Waals surface area contributed by atoms with Crippen LogP contribution >= 0.6 is 0 Å². The Morgan fingerprint density at radius 3 is 2.85 bits per heavy atom. The number of aromatic nitrogens is 2. The van der Waals surface area contributed by atoms with Crippen molar-refractivity contribution in [3.63, 3.8) is 0 Å². The molecule has 2 aliphatic rings. The van der Waals surface area contributed by atoms with Crippen LogP contribution in [0.25, 0.3) is 11.5 Å². The van der Waals surface area contributed by atoms with Crippen molar-refractivity contribution in [3.8, 4) is 17.5 Å². The Kier molecular flexibility index (Phi) is 4.91. The van der Waals surface area contributed by atoms with Crippen LogP contribution in [0.5, 0.6) is 6.08 Å². The summed E-state index contributed by atoms with van der Waals surface area (Å²) in [6.07, 6.45) is 5.96. The third-order valence-electron chi connectivity index (χ3n) is 5.80. The van der Waals surface area contributed by atoms with Crippen LogP contribution in [0.2, 0.25) is 0 Å². The van der Waals surface area contributed by atoms with E-state index in [2.05, 4.69) is 17.1 Å². The lowest BCUT2D eigenvalue weighted by atomic mass is 9.72. The predicted octanol–water partition coefficient (Wildman–Crippen LogP) is 3.54. The van der Waals surface area contributed by atoms with E-state index in [9.17, 15) is 4.79 Å². The van der Waals surface area contributed by atoms with Crippen molar-refractivity contribution in [2.24, 2.45) is 11.8 Å². The molecule has 1 aliphatic heterocycles. The summed E-state index contributed by atoms with van der Waals surface area (Å²) in [4.78, 5) is 14.7. The molecular formula is C20H25N3O3. The van der Waals surface area contributed by atoms with Crippen LogP contribution in [-0.2, 0) is 4.79 Å².